The second-order valence-corrected chi connectivity index (χ2v) is 6.46. The normalized spacial score (nSPS) is 12.8. The van der Waals surface area contributed by atoms with Crippen molar-refractivity contribution < 1.29 is 0 Å². The third kappa shape index (κ3) is 3.79. The number of anilines is 1. The molecule has 0 aliphatic carbocycles. The molecule has 0 unspecified atom stereocenters. The maximum Gasteiger partial charge on any atom is 0.130 e. The van der Waals surface area contributed by atoms with Crippen LogP contribution in [0.3, 0.4) is 0 Å². The highest BCUT2D eigenvalue weighted by molar-refractivity contribution is 5.73. The number of aromatic nitrogens is 4. The average Bonchev–Trinajstić information content (AvgIpc) is 3.18. The number of rotatable bonds is 6. The number of aliphatic imine (C=N–C) groups is 1. The molecule has 2 aromatic heterocycles. The van der Waals surface area contributed by atoms with Gasteiger partial charge in [-0.05, 0) is 43.9 Å². The molecule has 0 saturated carbocycles. The summed E-state index contributed by atoms with van der Waals surface area (Å²) in [6.45, 7) is 3.73. The Balaban J connectivity index is 1.46. The van der Waals surface area contributed by atoms with Gasteiger partial charge in [-0.15, -0.1) is 0 Å². The molecular weight excluding hydrogens is 324 g/mol. The van der Waals surface area contributed by atoms with Crippen LogP contribution in [0.5, 0.6) is 0 Å². The van der Waals surface area contributed by atoms with E-state index < -0.39 is 0 Å². The van der Waals surface area contributed by atoms with Crippen LogP contribution >= 0.6 is 0 Å². The van der Waals surface area contributed by atoms with Crippen LogP contribution < -0.4 is 5.32 Å². The van der Waals surface area contributed by atoms with Gasteiger partial charge >= 0.3 is 0 Å². The van der Waals surface area contributed by atoms with Gasteiger partial charge in [0, 0.05) is 43.3 Å². The van der Waals surface area contributed by atoms with Crippen LogP contribution in [0.4, 0.5) is 11.5 Å². The molecule has 0 saturated heterocycles. The Morgan fingerprint density at radius 3 is 3.04 bits per heavy atom. The Hall–Kier alpha value is -3.02. The van der Waals surface area contributed by atoms with Crippen LogP contribution in [0, 0.1) is 6.92 Å². The number of hydrogen-bond acceptors (Lipinski definition) is 5. The molecule has 1 aliphatic rings. The molecule has 1 N–H and O–H groups in total. The number of nitrogens with zero attached hydrogens (tertiary/aromatic N) is 5. The van der Waals surface area contributed by atoms with Crippen molar-refractivity contribution in [1.82, 2.24) is 19.5 Å². The van der Waals surface area contributed by atoms with Gasteiger partial charge in [0.25, 0.3) is 0 Å². The predicted octanol–water partition coefficient (Wildman–Crippen LogP) is 3.80. The lowest BCUT2D eigenvalue weighted by Crippen LogP contribution is -2.08. The van der Waals surface area contributed by atoms with Crippen molar-refractivity contribution in [1.29, 1.82) is 0 Å². The van der Waals surface area contributed by atoms with E-state index in [0.29, 0.717) is 0 Å². The molecule has 26 heavy (non-hydrogen) atoms. The van der Waals surface area contributed by atoms with Crippen LogP contribution in [-0.2, 0) is 13.0 Å². The first kappa shape index (κ1) is 16.4. The Morgan fingerprint density at radius 2 is 2.15 bits per heavy atom. The molecule has 1 aromatic carbocycles. The van der Waals surface area contributed by atoms with Crippen molar-refractivity contribution in [2.24, 2.45) is 4.99 Å². The first-order valence-electron chi connectivity index (χ1n) is 8.99. The third-order valence-corrected chi connectivity index (χ3v) is 4.44. The van der Waals surface area contributed by atoms with Gasteiger partial charge in [0.15, 0.2) is 0 Å². The molecule has 0 radical (unpaired) electrons. The zero-order valence-corrected chi connectivity index (χ0v) is 14.9. The number of fused-ring (bicyclic) bond motifs is 1. The van der Waals surface area contributed by atoms with Crippen molar-refractivity contribution >= 4 is 17.7 Å². The quantitative estimate of drug-likeness (QED) is 0.689. The highest BCUT2D eigenvalue weighted by Crippen LogP contribution is 2.29. The lowest BCUT2D eigenvalue weighted by molar-refractivity contribution is 0.660. The number of nitrogens with one attached hydrogen (secondary N) is 1. The summed E-state index contributed by atoms with van der Waals surface area (Å²) in [5.41, 5.74) is 4.43. The highest BCUT2D eigenvalue weighted by atomic mass is 15.0. The summed E-state index contributed by atoms with van der Waals surface area (Å²) in [7, 11) is 0. The summed E-state index contributed by atoms with van der Waals surface area (Å²) >= 11 is 0. The molecule has 0 spiro atoms. The van der Waals surface area contributed by atoms with E-state index in [1.165, 1.54) is 5.56 Å². The fourth-order valence-corrected chi connectivity index (χ4v) is 3.16. The second kappa shape index (κ2) is 7.47. The minimum absolute atomic E-state index is 0.773. The molecule has 6 nitrogen and oxygen atoms in total. The lowest BCUT2D eigenvalue weighted by Gasteiger charge is -2.12. The number of imidazole rings is 1. The van der Waals surface area contributed by atoms with Crippen molar-refractivity contribution in [2.75, 3.05) is 11.9 Å². The molecule has 0 fully saturated rings. The Kier molecular flexibility index (Phi) is 4.73. The Bertz CT molecular complexity index is 914. The Morgan fingerprint density at radius 1 is 1.19 bits per heavy atom. The van der Waals surface area contributed by atoms with Gasteiger partial charge < -0.3 is 9.88 Å². The van der Waals surface area contributed by atoms with Gasteiger partial charge in [-0.25, -0.2) is 15.0 Å². The molecule has 132 valence electrons. The fraction of sp³-hybridized carbons (Fsp3) is 0.300. The van der Waals surface area contributed by atoms with Gasteiger partial charge in [0.05, 0.1) is 17.7 Å². The monoisotopic (exact) mass is 346 g/mol. The lowest BCUT2D eigenvalue weighted by atomic mass is 10.0. The van der Waals surface area contributed by atoms with E-state index in [4.69, 9.17) is 0 Å². The van der Waals surface area contributed by atoms with E-state index in [1.807, 2.05) is 31.7 Å². The van der Waals surface area contributed by atoms with Crippen LogP contribution in [0.15, 0.2) is 48.0 Å². The van der Waals surface area contributed by atoms with Crippen molar-refractivity contribution in [3.63, 3.8) is 0 Å². The minimum atomic E-state index is 0.773. The molecule has 4 rings (SSSR count). The van der Waals surface area contributed by atoms with Gasteiger partial charge in [-0.1, -0.05) is 6.07 Å². The predicted molar refractivity (Wildman–Crippen MR) is 104 cm³/mol. The molecule has 0 bridgehead atoms. The SMILES string of the molecule is Cc1nc(NCCCn2ccnc2)cc(-c2ccc3c(c2)CCC=N3)n1. The smallest absolute Gasteiger partial charge is 0.130 e. The van der Waals surface area contributed by atoms with Gasteiger partial charge in [0.2, 0.25) is 0 Å². The van der Waals surface area contributed by atoms with Crippen LogP contribution in [0.25, 0.3) is 11.3 Å². The standard InChI is InChI=1S/C20H22N6/c1-15-24-19(17-5-6-18-16(12-17)4-2-7-22-18)13-20(25-15)23-8-3-10-26-11-9-21-14-26/h5-7,9,11-14H,2-4,8,10H2,1H3,(H,23,24,25). The summed E-state index contributed by atoms with van der Waals surface area (Å²) < 4.78 is 2.08. The van der Waals surface area contributed by atoms with Gasteiger partial charge in [-0.3, -0.25) is 4.99 Å². The highest BCUT2D eigenvalue weighted by Gasteiger charge is 2.10. The fourth-order valence-electron chi connectivity index (χ4n) is 3.16. The van der Waals surface area contributed by atoms with Crippen LogP contribution in [0.2, 0.25) is 0 Å². The van der Waals surface area contributed by atoms with E-state index >= 15 is 0 Å². The van der Waals surface area contributed by atoms with E-state index in [-0.39, 0.29) is 0 Å². The van der Waals surface area contributed by atoms with E-state index in [1.54, 1.807) is 6.20 Å². The first-order chi connectivity index (χ1) is 12.8. The number of benzene rings is 1. The maximum absolute atomic E-state index is 4.62. The summed E-state index contributed by atoms with van der Waals surface area (Å²) in [5, 5.41) is 3.41. The maximum atomic E-state index is 4.62. The summed E-state index contributed by atoms with van der Waals surface area (Å²) in [4.78, 5) is 17.7. The number of hydrogen-bond donors (Lipinski definition) is 1. The van der Waals surface area contributed by atoms with E-state index in [9.17, 15) is 0 Å². The summed E-state index contributed by atoms with van der Waals surface area (Å²) in [6.07, 6.45) is 10.7. The zero-order valence-electron chi connectivity index (χ0n) is 14.9. The van der Waals surface area contributed by atoms with Crippen molar-refractivity contribution in [2.45, 2.75) is 32.7 Å². The summed E-state index contributed by atoms with van der Waals surface area (Å²) in [5.74, 6) is 1.64. The number of aryl methyl sites for hydroxylation is 3. The van der Waals surface area contributed by atoms with Gasteiger partial charge in [0.1, 0.15) is 11.6 Å². The largest absolute Gasteiger partial charge is 0.370 e. The van der Waals surface area contributed by atoms with Crippen molar-refractivity contribution in [3.8, 4) is 11.3 Å². The molecule has 1 aliphatic heterocycles. The Labute approximate surface area is 153 Å². The average molecular weight is 346 g/mol. The van der Waals surface area contributed by atoms with Crippen LogP contribution in [0.1, 0.15) is 24.2 Å². The minimum Gasteiger partial charge on any atom is -0.370 e. The molecule has 3 heterocycles. The second-order valence-electron chi connectivity index (χ2n) is 6.46. The molecular formula is C20H22N6. The van der Waals surface area contributed by atoms with E-state index in [0.717, 1.165) is 60.9 Å². The van der Waals surface area contributed by atoms with E-state index in [2.05, 4.69) is 48.0 Å². The van der Waals surface area contributed by atoms with Crippen molar-refractivity contribution in [3.05, 3.63) is 54.4 Å². The molecule has 3 aromatic rings. The topological polar surface area (TPSA) is 68.0 Å². The molecule has 0 amide bonds. The molecule has 6 heteroatoms. The van der Waals surface area contributed by atoms with Gasteiger partial charge in [-0.2, -0.15) is 0 Å². The summed E-state index contributed by atoms with van der Waals surface area (Å²) in [6, 6.07) is 8.40. The third-order valence-electron chi connectivity index (χ3n) is 4.44. The zero-order chi connectivity index (χ0) is 17.8. The molecule has 0 atom stereocenters. The first-order valence-corrected chi connectivity index (χ1v) is 8.99. The van der Waals surface area contributed by atoms with Crippen LogP contribution in [-0.4, -0.2) is 32.3 Å².